The first kappa shape index (κ1) is 32.1. The zero-order valence-electron chi connectivity index (χ0n) is 25.3. The number of carboxylic acid groups (broad SMARTS) is 1. The molecule has 0 bridgehead atoms. The second-order valence-electron chi connectivity index (χ2n) is 11.8. The zero-order chi connectivity index (χ0) is 32.5. The normalized spacial score (nSPS) is 27.2. The number of hydrogen-bond acceptors (Lipinski definition) is 14. The fraction of sp³-hybridized carbons (Fsp3) is 0.548. The molecular formula is C31H37NO14. The summed E-state index contributed by atoms with van der Waals surface area (Å²) in [5.41, 5.74) is 8.25. The predicted octanol–water partition coefficient (Wildman–Crippen LogP) is 1.34. The number of ether oxygens (including phenoxy) is 7. The van der Waals surface area contributed by atoms with Crippen molar-refractivity contribution in [3.63, 3.8) is 0 Å². The third-order valence-corrected chi connectivity index (χ3v) is 8.07. The van der Waals surface area contributed by atoms with Gasteiger partial charge in [0.1, 0.15) is 48.9 Å². The number of hydrogen-bond donors (Lipinski definition) is 4. The average Bonchev–Trinajstić information content (AvgIpc) is 3.65. The van der Waals surface area contributed by atoms with E-state index in [1.54, 1.807) is 18.2 Å². The number of aliphatic hydroxyl groups is 2. The monoisotopic (exact) mass is 647 g/mol. The van der Waals surface area contributed by atoms with Crippen LogP contribution in [0.3, 0.4) is 0 Å². The van der Waals surface area contributed by atoms with E-state index in [0.717, 1.165) is 28.9 Å². The summed E-state index contributed by atoms with van der Waals surface area (Å²) in [5, 5.41) is 30.3. The number of esters is 1. The van der Waals surface area contributed by atoms with Gasteiger partial charge in [-0.05, 0) is 36.6 Å². The first-order valence-corrected chi connectivity index (χ1v) is 15.1. The summed E-state index contributed by atoms with van der Waals surface area (Å²) in [4.78, 5) is 33.6. The average molecular weight is 648 g/mol. The standard InChI is InChI=1S/C31H37NO14/c1-14(2)7-18-27-16(9-21-29(18)42-13-41-21)19-11-39-20-4-3-15(8-17(20)28(19)44-27)45-46-30-26(37)25(36)22(43-31(30)38-6-5-32)12-40-24(35)10-23(33)34/h3-4,8-9,14,19,22,25-26,28,30-31,36-37H,5-7,10-13,32H2,1-2H3,(H,33,34)/t19-,22-,25-,26+,28-,30-,31-/m1/s1. The molecule has 0 radical (unpaired) electrons. The van der Waals surface area contributed by atoms with Crippen molar-refractivity contribution in [1.82, 2.24) is 0 Å². The highest BCUT2D eigenvalue weighted by atomic mass is 17.2. The fourth-order valence-electron chi connectivity index (χ4n) is 5.99. The Morgan fingerprint density at radius 3 is 2.63 bits per heavy atom. The lowest BCUT2D eigenvalue weighted by atomic mass is 9.87. The van der Waals surface area contributed by atoms with Gasteiger partial charge in [-0.15, -0.1) is 0 Å². The Labute approximate surface area is 263 Å². The number of fused-ring (bicyclic) bond motifs is 6. The molecule has 2 aromatic carbocycles. The number of carbonyl (C=O) groups is 2. The summed E-state index contributed by atoms with van der Waals surface area (Å²) in [6.07, 6.45) is -7.58. The zero-order valence-corrected chi connectivity index (χ0v) is 25.3. The number of aliphatic carboxylic acids is 1. The highest BCUT2D eigenvalue weighted by Gasteiger charge is 2.48. The molecule has 4 aliphatic heterocycles. The number of carbonyl (C=O) groups excluding carboxylic acids is 1. The van der Waals surface area contributed by atoms with Gasteiger partial charge in [-0.1, -0.05) is 13.8 Å². The van der Waals surface area contributed by atoms with Gasteiger partial charge in [0.05, 0.1) is 19.1 Å². The van der Waals surface area contributed by atoms with Crippen LogP contribution in [0.25, 0.3) is 0 Å². The van der Waals surface area contributed by atoms with Crippen molar-refractivity contribution in [2.45, 2.75) is 69.4 Å². The molecule has 0 amide bonds. The first-order valence-electron chi connectivity index (χ1n) is 15.1. The van der Waals surface area contributed by atoms with Crippen LogP contribution in [0.2, 0.25) is 0 Å². The van der Waals surface area contributed by atoms with Crippen LogP contribution in [-0.2, 0) is 35.1 Å². The second-order valence-corrected chi connectivity index (χ2v) is 11.8. The van der Waals surface area contributed by atoms with Gasteiger partial charge in [0.2, 0.25) is 6.79 Å². The van der Waals surface area contributed by atoms with E-state index in [4.69, 9.17) is 53.8 Å². The van der Waals surface area contributed by atoms with E-state index in [2.05, 4.69) is 13.8 Å². The van der Waals surface area contributed by atoms with Crippen LogP contribution in [0, 0.1) is 5.92 Å². The lowest BCUT2D eigenvalue weighted by Crippen LogP contribution is -2.60. The van der Waals surface area contributed by atoms with Crippen LogP contribution in [0.1, 0.15) is 49.0 Å². The Kier molecular flexibility index (Phi) is 9.40. The SMILES string of the molecule is CC(C)Cc1c2c(cc3c1O[C@@H]1c4cc(OO[C@H]5[C@H](OCCN)O[C@H](COC(=O)CC(=O)O)[C@@H](O)[C@@H]5O)ccc4OC[C@H]31)OCO2. The van der Waals surface area contributed by atoms with Crippen LogP contribution >= 0.6 is 0 Å². The quantitative estimate of drug-likeness (QED) is 0.111. The number of carboxylic acids is 1. The first-order chi connectivity index (χ1) is 22.1. The minimum atomic E-state index is -1.61. The van der Waals surface area contributed by atoms with Gasteiger partial charge in [-0.2, -0.15) is 4.89 Å². The molecular weight excluding hydrogens is 610 g/mol. The summed E-state index contributed by atoms with van der Waals surface area (Å²) >= 11 is 0. The lowest BCUT2D eigenvalue weighted by molar-refractivity contribution is -0.372. The third kappa shape index (κ3) is 6.38. The van der Waals surface area contributed by atoms with Gasteiger partial charge in [0.25, 0.3) is 0 Å². The van der Waals surface area contributed by atoms with Gasteiger partial charge in [-0.25, -0.2) is 0 Å². The maximum atomic E-state index is 11.7. The van der Waals surface area contributed by atoms with Crippen molar-refractivity contribution >= 4 is 11.9 Å². The summed E-state index contributed by atoms with van der Waals surface area (Å²) in [5.74, 6) is 0.873. The molecule has 2 aromatic rings. The van der Waals surface area contributed by atoms with Crippen molar-refractivity contribution in [3.05, 3.63) is 41.0 Å². The van der Waals surface area contributed by atoms with Crippen molar-refractivity contribution in [3.8, 4) is 28.7 Å². The van der Waals surface area contributed by atoms with Crippen LogP contribution in [0.4, 0.5) is 0 Å². The Hall–Kier alpha value is -3.86. The Morgan fingerprint density at radius 2 is 1.87 bits per heavy atom. The van der Waals surface area contributed by atoms with Crippen molar-refractivity contribution < 1.29 is 67.8 Å². The molecule has 4 heterocycles. The summed E-state index contributed by atoms with van der Waals surface area (Å²) in [7, 11) is 0. The van der Waals surface area contributed by atoms with E-state index in [9.17, 15) is 19.8 Å². The molecule has 0 spiro atoms. The number of benzene rings is 2. The third-order valence-electron chi connectivity index (χ3n) is 8.07. The summed E-state index contributed by atoms with van der Waals surface area (Å²) in [6, 6.07) is 7.02. The summed E-state index contributed by atoms with van der Waals surface area (Å²) < 4.78 is 40.4. The van der Waals surface area contributed by atoms with Crippen LogP contribution in [-0.4, -0.2) is 91.1 Å². The molecule has 0 aromatic heterocycles. The number of aliphatic hydroxyl groups excluding tert-OH is 2. The molecule has 6 rings (SSSR count). The van der Waals surface area contributed by atoms with E-state index in [-0.39, 0.29) is 37.7 Å². The minimum absolute atomic E-state index is 0.00825. The van der Waals surface area contributed by atoms with Crippen molar-refractivity contribution in [2.75, 3.05) is 33.2 Å². The van der Waals surface area contributed by atoms with Crippen molar-refractivity contribution in [1.29, 1.82) is 0 Å². The smallest absolute Gasteiger partial charge is 0.317 e. The van der Waals surface area contributed by atoms with E-state index < -0.39 is 55.7 Å². The van der Waals surface area contributed by atoms with E-state index in [1.807, 2.05) is 6.07 Å². The number of nitrogens with two attached hydrogens (primary N) is 1. The maximum Gasteiger partial charge on any atom is 0.317 e. The lowest BCUT2D eigenvalue weighted by Gasteiger charge is -2.40. The van der Waals surface area contributed by atoms with Crippen LogP contribution < -0.4 is 29.6 Å². The molecule has 250 valence electrons. The molecule has 46 heavy (non-hydrogen) atoms. The highest BCUT2D eigenvalue weighted by Crippen LogP contribution is 2.57. The molecule has 7 atom stereocenters. The Balaban J connectivity index is 1.17. The van der Waals surface area contributed by atoms with Gasteiger partial charge in [0, 0.05) is 23.2 Å². The largest absolute Gasteiger partial charge is 0.492 e. The van der Waals surface area contributed by atoms with E-state index in [0.29, 0.717) is 29.8 Å². The fourth-order valence-corrected chi connectivity index (χ4v) is 5.99. The molecule has 1 saturated heterocycles. The number of rotatable bonds is 12. The summed E-state index contributed by atoms with van der Waals surface area (Å²) in [6.45, 7) is 4.40. The van der Waals surface area contributed by atoms with Gasteiger partial charge < -0.3 is 59.1 Å². The van der Waals surface area contributed by atoms with E-state index >= 15 is 0 Å². The molecule has 0 aliphatic carbocycles. The van der Waals surface area contributed by atoms with E-state index in [1.165, 1.54) is 0 Å². The van der Waals surface area contributed by atoms with Gasteiger partial charge >= 0.3 is 11.9 Å². The van der Waals surface area contributed by atoms with Gasteiger partial charge in [-0.3, -0.25) is 9.59 Å². The van der Waals surface area contributed by atoms with Gasteiger partial charge in [0.15, 0.2) is 29.6 Å². The predicted molar refractivity (Wildman–Crippen MR) is 154 cm³/mol. The molecule has 1 fully saturated rings. The maximum absolute atomic E-state index is 11.7. The molecule has 15 heteroatoms. The van der Waals surface area contributed by atoms with Crippen molar-refractivity contribution in [2.24, 2.45) is 11.7 Å². The van der Waals surface area contributed by atoms with Crippen LogP contribution in [0.15, 0.2) is 24.3 Å². The van der Waals surface area contributed by atoms with Crippen LogP contribution in [0.5, 0.6) is 28.7 Å². The topological polar surface area (TPSA) is 204 Å². The second kappa shape index (κ2) is 13.5. The molecule has 5 N–H and O–H groups in total. The molecule has 0 saturated carbocycles. The highest BCUT2D eigenvalue weighted by molar-refractivity contribution is 5.90. The molecule has 4 aliphatic rings. The Bertz CT molecular complexity index is 1450. The minimum Gasteiger partial charge on any atom is -0.492 e. The Morgan fingerprint density at radius 1 is 1.04 bits per heavy atom. The molecule has 0 unspecified atom stereocenters. The molecule has 15 nitrogen and oxygen atoms in total.